The van der Waals surface area contributed by atoms with E-state index in [0.717, 1.165) is 4.31 Å². The second kappa shape index (κ2) is 6.75. The minimum Gasteiger partial charge on any atom is -0.495 e. The van der Waals surface area contributed by atoms with Crippen LogP contribution in [-0.4, -0.2) is 45.2 Å². The first-order valence-corrected chi connectivity index (χ1v) is 9.48. The Morgan fingerprint density at radius 2 is 1.88 bits per heavy atom. The number of benzene rings is 2. The van der Waals surface area contributed by atoms with Gasteiger partial charge in [0.15, 0.2) is 6.29 Å². The van der Waals surface area contributed by atoms with Crippen LogP contribution in [0.15, 0.2) is 41.3 Å². The fraction of sp³-hybridized carbons (Fsp3) is 0.167. The number of ether oxygens (including phenoxy) is 1. The fourth-order valence-corrected chi connectivity index (χ4v) is 3.92. The average Bonchev–Trinajstić information content (AvgIpc) is 2.99. The Balaban J connectivity index is 2.23. The first-order valence-electron chi connectivity index (χ1n) is 7.67. The minimum absolute atomic E-state index is 0.122. The number of nitrogens with one attached hydrogen (secondary N) is 1. The average molecular weight is 393 g/mol. The number of H-pyrrole nitrogens is 1. The summed E-state index contributed by atoms with van der Waals surface area (Å²) in [6, 6.07) is 9.83. The molecule has 0 aliphatic carbocycles. The molecule has 0 saturated heterocycles. The largest absolute Gasteiger partial charge is 0.495 e. The number of halogens is 1. The van der Waals surface area contributed by atoms with Crippen molar-refractivity contribution < 1.29 is 17.9 Å². The van der Waals surface area contributed by atoms with Gasteiger partial charge in [-0.3, -0.25) is 4.79 Å². The highest BCUT2D eigenvalue weighted by Gasteiger charge is 2.20. The van der Waals surface area contributed by atoms with Gasteiger partial charge in [0.05, 0.1) is 22.7 Å². The van der Waals surface area contributed by atoms with Gasteiger partial charge in [-0.25, -0.2) is 12.7 Å². The lowest BCUT2D eigenvalue weighted by molar-refractivity contribution is 0.112. The standard InChI is InChI=1S/C18H17ClN2O4S/c1-21(2)26(23,24)12-5-6-16-13(9-12)14(10-22)18(20-16)11-4-7-17(25-3)15(19)8-11/h4-10,20H,1-3H3. The van der Waals surface area contributed by atoms with Crippen LogP contribution in [0.4, 0.5) is 0 Å². The molecule has 3 aromatic rings. The topological polar surface area (TPSA) is 79.5 Å². The van der Waals surface area contributed by atoms with Crippen LogP contribution < -0.4 is 4.74 Å². The van der Waals surface area contributed by atoms with Crippen molar-refractivity contribution in [3.63, 3.8) is 0 Å². The van der Waals surface area contributed by atoms with Gasteiger partial charge >= 0.3 is 0 Å². The molecule has 0 aliphatic heterocycles. The normalized spacial score (nSPS) is 11.9. The van der Waals surface area contributed by atoms with Crippen LogP contribution in [0.5, 0.6) is 5.75 Å². The fourth-order valence-electron chi connectivity index (χ4n) is 2.74. The summed E-state index contributed by atoms with van der Waals surface area (Å²) in [5.74, 6) is 0.526. The molecule has 0 bridgehead atoms. The number of hydrogen-bond acceptors (Lipinski definition) is 4. The van der Waals surface area contributed by atoms with Gasteiger partial charge < -0.3 is 9.72 Å². The molecule has 0 spiro atoms. The number of carbonyl (C=O) groups excluding carboxylic acids is 1. The molecule has 136 valence electrons. The summed E-state index contributed by atoms with van der Waals surface area (Å²) in [6.45, 7) is 0. The summed E-state index contributed by atoms with van der Waals surface area (Å²) < 4.78 is 31.0. The number of aldehydes is 1. The molecule has 3 rings (SSSR count). The molecule has 26 heavy (non-hydrogen) atoms. The minimum atomic E-state index is -3.60. The van der Waals surface area contributed by atoms with Crippen molar-refractivity contribution in [2.45, 2.75) is 4.90 Å². The number of rotatable bonds is 5. The quantitative estimate of drug-likeness (QED) is 0.673. The molecule has 6 nitrogen and oxygen atoms in total. The van der Waals surface area contributed by atoms with E-state index in [1.165, 1.54) is 33.3 Å². The highest BCUT2D eigenvalue weighted by molar-refractivity contribution is 7.89. The zero-order valence-electron chi connectivity index (χ0n) is 14.4. The zero-order chi connectivity index (χ0) is 19.1. The maximum absolute atomic E-state index is 12.4. The molecule has 1 aromatic heterocycles. The van der Waals surface area contributed by atoms with Crippen molar-refractivity contribution in [1.29, 1.82) is 0 Å². The van der Waals surface area contributed by atoms with E-state index in [-0.39, 0.29) is 4.90 Å². The Morgan fingerprint density at radius 3 is 2.46 bits per heavy atom. The summed E-state index contributed by atoms with van der Waals surface area (Å²) in [5, 5.41) is 0.946. The molecule has 0 fully saturated rings. The Kier molecular flexibility index (Phi) is 4.79. The predicted octanol–water partition coefficient (Wildman–Crippen LogP) is 3.56. The van der Waals surface area contributed by atoms with Crippen molar-refractivity contribution in [2.24, 2.45) is 0 Å². The van der Waals surface area contributed by atoms with Crippen LogP contribution in [0.1, 0.15) is 10.4 Å². The van der Waals surface area contributed by atoms with E-state index in [1.807, 2.05) is 0 Å². The molecule has 2 aromatic carbocycles. The zero-order valence-corrected chi connectivity index (χ0v) is 16.0. The van der Waals surface area contributed by atoms with Gasteiger partial charge in [0.25, 0.3) is 0 Å². The summed E-state index contributed by atoms with van der Waals surface area (Å²) in [7, 11) is 0.843. The molecule has 0 atom stereocenters. The summed E-state index contributed by atoms with van der Waals surface area (Å²) in [4.78, 5) is 15.0. The lowest BCUT2D eigenvalue weighted by Crippen LogP contribution is -2.22. The molecule has 0 radical (unpaired) electrons. The summed E-state index contributed by atoms with van der Waals surface area (Å²) in [5.41, 5.74) is 2.30. The van der Waals surface area contributed by atoms with Crippen molar-refractivity contribution in [3.05, 3.63) is 47.0 Å². The SMILES string of the molecule is COc1ccc(-c2[nH]c3ccc(S(=O)(=O)N(C)C)cc3c2C=O)cc1Cl. The van der Waals surface area contributed by atoms with E-state index in [1.54, 1.807) is 24.3 Å². The van der Waals surface area contributed by atoms with E-state index in [4.69, 9.17) is 16.3 Å². The van der Waals surface area contributed by atoms with E-state index >= 15 is 0 Å². The van der Waals surface area contributed by atoms with Gasteiger partial charge in [-0.05, 0) is 36.4 Å². The first kappa shape index (κ1) is 18.4. The van der Waals surface area contributed by atoms with Crippen LogP contribution in [0.25, 0.3) is 22.2 Å². The number of fused-ring (bicyclic) bond motifs is 1. The molecular formula is C18H17ClN2O4S. The monoisotopic (exact) mass is 392 g/mol. The van der Waals surface area contributed by atoms with Crippen molar-refractivity contribution >= 4 is 38.8 Å². The Labute approximate surface area is 156 Å². The van der Waals surface area contributed by atoms with Crippen LogP contribution in [-0.2, 0) is 10.0 Å². The van der Waals surface area contributed by atoms with Gasteiger partial charge in [-0.2, -0.15) is 0 Å². The summed E-state index contributed by atoms with van der Waals surface area (Å²) in [6.07, 6.45) is 0.707. The highest BCUT2D eigenvalue weighted by atomic mass is 35.5. The van der Waals surface area contributed by atoms with Gasteiger partial charge in [0, 0.05) is 36.1 Å². The van der Waals surface area contributed by atoms with Crippen LogP contribution in [0, 0.1) is 0 Å². The third kappa shape index (κ3) is 2.98. The van der Waals surface area contributed by atoms with Gasteiger partial charge in [-0.15, -0.1) is 0 Å². The smallest absolute Gasteiger partial charge is 0.242 e. The molecule has 8 heteroatoms. The van der Waals surface area contributed by atoms with Gasteiger partial charge in [0.2, 0.25) is 10.0 Å². The van der Waals surface area contributed by atoms with E-state index in [2.05, 4.69) is 4.98 Å². The van der Waals surface area contributed by atoms with E-state index in [9.17, 15) is 13.2 Å². The maximum Gasteiger partial charge on any atom is 0.242 e. The number of aromatic nitrogens is 1. The Bertz CT molecular complexity index is 1100. The second-order valence-electron chi connectivity index (χ2n) is 5.88. The Morgan fingerprint density at radius 1 is 1.15 bits per heavy atom. The van der Waals surface area contributed by atoms with Crippen LogP contribution in [0.3, 0.4) is 0 Å². The number of nitrogens with zero attached hydrogens (tertiary/aromatic N) is 1. The highest BCUT2D eigenvalue weighted by Crippen LogP contribution is 2.34. The van der Waals surface area contributed by atoms with Crippen LogP contribution in [0.2, 0.25) is 5.02 Å². The van der Waals surface area contributed by atoms with Crippen LogP contribution >= 0.6 is 11.6 Å². The predicted molar refractivity (Wildman–Crippen MR) is 102 cm³/mol. The second-order valence-corrected chi connectivity index (χ2v) is 8.43. The third-order valence-corrected chi connectivity index (χ3v) is 6.25. The van der Waals surface area contributed by atoms with Crippen molar-refractivity contribution in [1.82, 2.24) is 9.29 Å². The third-order valence-electron chi connectivity index (χ3n) is 4.15. The lowest BCUT2D eigenvalue weighted by Gasteiger charge is -2.11. The molecule has 1 N–H and O–H groups in total. The van der Waals surface area contributed by atoms with Gasteiger partial charge in [-0.1, -0.05) is 11.6 Å². The number of sulfonamides is 1. The number of carbonyl (C=O) groups is 1. The lowest BCUT2D eigenvalue weighted by atomic mass is 10.1. The number of aromatic amines is 1. The molecule has 0 amide bonds. The maximum atomic E-state index is 12.4. The molecule has 0 saturated carbocycles. The molecule has 1 heterocycles. The van der Waals surface area contributed by atoms with Crippen molar-refractivity contribution in [3.8, 4) is 17.0 Å². The van der Waals surface area contributed by atoms with E-state index in [0.29, 0.717) is 44.8 Å². The first-order chi connectivity index (χ1) is 12.3. The Hall–Kier alpha value is -2.35. The van der Waals surface area contributed by atoms with Gasteiger partial charge in [0.1, 0.15) is 5.75 Å². The number of methoxy groups -OCH3 is 1. The summed E-state index contributed by atoms with van der Waals surface area (Å²) >= 11 is 6.18. The number of hydrogen-bond donors (Lipinski definition) is 1. The van der Waals surface area contributed by atoms with Crippen molar-refractivity contribution in [2.75, 3.05) is 21.2 Å². The molecular weight excluding hydrogens is 376 g/mol. The van der Waals surface area contributed by atoms with E-state index < -0.39 is 10.0 Å². The molecule has 0 aliphatic rings. The molecule has 0 unspecified atom stereocenters.